The Hall–Kier alpha value is -1.94. The largest absolute Gasteiger partial charge is 0.472 e. The van der Waals surface area contributed by atoms with Crippen LogP contribution in [0, 0.1) is 11.8 Å². The molecule has 2 unspecified atom stereocenters. The Balaban J connectivity index is 5.24. The van der Waals surface area contributed by atoms with Crippen LogP contribution in [0.1, 0.15) is 414 Å². The second-order valence-corrected chi connectivity index (χ2v) is 32.3. The number of aliphatic hydroxyl groups is 1. The number of ether oxygens (including phenoxy) is 4. The molecule has 5 atom stereocenters. The SMILES string of the molecule is CCCCCCCCCCCCCCCCCCCCC(=O)O[C@H](COC(=O)CCCCCCCCCCCCCCC(C)C)COP(=O)(O)OC[C@@H](O)COP(=O)(O)OC[C@@H](COC(=O)CCCCCCCCCCCC)OC(=O)CCCCCCCCCCCCCCC(C)C. The predicted molar refractivity (Wildman–Crippen MR) is 400 cm³/mol. The summed E-state index contributed by atoms with van der Waals surface area (Å²) in [5, 5.41) is 10.6. The van der Waals surface area contributed by atoms with Gasteiger partial charge in [0, 0.05) is 25.7 Å². The van der Waals surface area contributed by atoms with E-state index in [4.69, 9.17) is 37.0 Å². The Morgan fingerprint density at radius 1 is 0.276 bits per heavy atom. The maximum absolute atomic E-state index is 13.1. The van der Waals surface area contributed by atoms with Gasteiger partial charge >= 0.3 is 39.5 Å². The molecule has 17 nitrogen and oxygen atoms in total. The number of rotatable bonds is 78. The van der Waals surface area contributed by atoms with E-state index in [0.29, 0.717) is 25.7 Å². The highest BCUT2D eigenvalue weighted by Gasteiger charge is 2.30. The van der Waals surface area contributed by atoms with E-state index >= 15 is 0 Å². The monoisotopic (exact) mass is 1440 g/mol. The van der Waals surface area contributed by atoms with Gasteiger partial charge in [-0.15, -0.1) is 0 Å². The zero-order valence-electron chi connectivity index (χ0n) is 64.1. The first-order valence-corrected chi connectivity index (χ1v) is 44.0. The average Bonchev–Trinajstić information content (AvgIpc) is 1.09. The molecule has 0 spiro atoms. The minimum atomic E-state index is -4.96. The molecule has 3 N–H and O–H groups in total. The first-order chi connectivity index (χ1) is 47.4. The van der Waals surface area contributed by atoms with Crippen LogP contribution in [-0.4, -0.2) is 96.7 Å². The fourth-order valence-electron chi connectivity index (χ4n) is 12.2. The van der Waals surface area contributed by atoms with Gasteiger partial charge in [-0.2, -0.15) is 0 Å². The van der Waals surface area contributed by atoms with Crippen molar-refractivity contribution < 1.29 is 80.2 Å². The molecular weight excluding hydrogens is 1280 g/mol. The summed E-state index contributed by atoms with van der Waals surface area (Å²) in [5.41, 5.74) is 0. The number of hydrogen-bond donors (Lipinski definition) is 3. The van der Waals surface area contributed by atoms with E-state index < -0.39 is 97.5 Å². The molecule has 0 aliphatic rings. The molecule has 0 fully saturated rings. The van der Waals surface area contributed by atoms with Crippen molar-refractivity contribution in [2.75, 3.05) is 39.6 Å². The van der Waals surface area contributed by atoms with Gasteiger partial charge in [-0.25, -0.2) is 9.13 Å². The van der Waals surface area contributed by atoms with Crippen molar-refractivity contribution >= 4 is 39.5 Å². The topological polar surface area (TPSA) is 237 Å². The van der Waals surface area contributed by atoms with Gasteiger partial charge in [0.15, 0.2) is 12.2 Å². The average molecular weight is 1440 g/mol. The smallest absolute Gasteiger partial charge is 0.462 e. The van der Waals surface area contributed by atoms with Crippen molar-refractivity contribution in [2.45, 2.75) is 432 Å². The van der Waals surface area contributed by atoms with Gasteiger partial charge in [0.05, 0.1) is 26.4 Å². The summed E-state index contributed by atoms with van der Waals surface area (Å²) in [6, 6.07) is 0. The number of phosphoric acid groups is 2. The Morgan fingerprint density at radius 3 is 0.694 bits per heavy atom. The van der Waals surface area contributed by atoms with Crippen LogP contribution >= 0.6 is 15.6 Å². The summed E-state index contributed by atoms with van der Waals surface area (Å²) in [6.45, 7) is 9.64. The molecule has 0 bridgehead atoms. The highest BCUT2D eigenvalue weighted by atomic mass is 31.2. The maximum atomic E-state index is 13.1. The van der Waals surface area contributed by atoms with E-state index in [9.17, 15) is 43.2 Å². The number of phosphoric ester groups is 2. The number of aliphatic hydroxyl groups excluding tert-OH is 1. The third-order valence-corrected chi connectivity index (χ3v) is 20.4. The van der Waals surface area contributed by atoms with E-state index in [1.165, 1.54) is 231 Å². The molecule has 0 aromatic heterocycles. The van der Waals surface area contributed by atoms with Crippen molar-refractivity contribution in [1.82, 2.24) is 0 Å². The van der Waals surface area contributed by atoms with E-state index in [-0.39, 0.29) is 25.7 Å². The number of esters is 4. The molecule has 0 rings (SSSR count). The highest BCUT2D eigenvalue weighted by molar-refractivity contribution is 7.47. The number of carbonyl (C=O) groups is 4. The summed E-state index contributed by atoms with van der Waals surface area (Å²) < 4.78 is 68.7. The normalized spacial score (nSPS) is 13.9. The number of hydrogen-bond acceptors (Lipinski definition) is 15. The van der Waals surface area contributed by atoms with Crippen LogP contribution in [0.2, 0.25) is 0 Å². The quantitative estimate of drug-likeness (QED) is 0.0222. The molecule has 0 aromatic carbocycles. The van der Waals surface area contributed by atoms with Crippen LogP contribution in [0.4, 0.5) is 0 Å². The van der Waals surface area contributed by atoms with Crippen LogP contribution in [0.25, 0.3) is 0 Å². The predicted octanol–water partition coefficient (Wildman–Crippen LogP) is 23.5. The van der Waals surface area contributed by atoms with Crippen molar-refractivity contribution in [3.63, 3.8) is 0 Å². The van der Waals surface area contributed by atoms with Crippen LogP contribution in [0.5, 0.6) is 0 Å². The van der Waals surface area contributed by atoms with Crippen molar-refractivity contribution in [2.24, 2.45) is 11.8 Å². The molecule has 0 saturated carbocycles. The first-order valence-electron chi connectivity index (χ1n) is 41.0. The molecule has 582 valence electrons. The van der Waals surface area contributed by atoms with Gasteiger partial charge in [0.25, 0.3) is 0 Å². The maximum Gasteiger partial charge on any atom is 0.472 e. The highest BCUT2D eigenvalue weighted by Crippen LogP contribution is 2.45. The molecule has 0 saturated heterocycles. The molecule has 0 amide bonds. The van der Waals surface area contributed by atoms with E-state index in [1.807, 2.05) is 0 Å². The van der Waals surface area contributed by atoms with Crippen LogP contribution < -0.4 is 0 Å². The van der Waals surface area contributed by atoms with Gasteiger partial charge in [-0.1, -0.05) is 363 Å². The van der Waals surface area contributed by atoms with Crippen LogP contribution in [0.15, 0.2) is 0 Å². The Labute approximate surface area is 600 Å². The summed E-state index contributed by atoms with van der Waals surface area (Å²) in [6.07, 6.45) is 59.5. The molecule has 0 aliphatic carbocycles. The lowest BCUT2D eigenvalue weighted by atomic mass is 10.0. The van der Waals surface area contributed by atoms with Crippen LogP contribution in [-0.2, 0) is 65.4 Å². The first kappa shape index (κ1) is 96.1. The molecular formula is C79H154O17P2. The Kier molecular flexibility index (Phi) is 69.3. The second kappa shape index (κ2) is 70.7. The summed E-state index contributed by atoms with van der Waals surface area (Å²) in [5.74, 6) is -0.551. The van der Waals surface area contributed by atoms with Crippen molar-refractivity contribution in [1.29, 1.82) is 0 Å². The second-order valence-electron chi connectivity index (χ2n) is 29.4. The van der Waals surface area contributed by atoms with Gasteiger partial charge in [-0.05, 0) is 37.5 Å². The molecule has 0 aliphatic heterocycles. The third-order valence-electron chi connectivity index (χ3n) is 18.5. The molecule has 0 radical (unpaired) electrons. The standard InChI is InChI=1S/C79H154O17P2/c1-7-9-11-13-15-17-19-20-21-22-23-24-25-33-39-45-51-57-63-78(83)96-75(68-90-77(82)62-56-50-44-38-32-28-26-30-35-41-47-53-59-71(3)4)70-94-98(87,88)92-66-73(80)65-91-97(85,86)93-69-74(67-89-76(81)61-55-49-43-37-18-16-14-12-10-8-2)95-79(84)64-58-52-46-40-34-29-27-31-36-42-48-54-60-72(5)6/h71-75,80H,7-70H2,1-6H3,(H,85,86)(H,87,88)/t73-,74+,75+/m0/s1. The minimum Gasteiger partial charge on any atom is -0.462 e. The molecule has 0 aromatic rings. The lowest BCUT2D eigenvalue weighted by Crippen LogP contribution is -2.30. The third kappa shape index (κ3) is 72.4. The summed E-state index contributed by atoms with van der Waals surface area (Å²) in [7, 11) is -9.92. The summed E-state index contributed by atoms with van der Waals surface area (Å²) >= 11 is 0. The lowest BCUT2D eigenvalue weighted by Gasteiger charge is -2.21. The van der Waals surface area contributed by atoms with Gasteiger partial charge < -0.3 is 33.8 Å². The van der Waals surface area contributed by atoms with E-state index in [2.05, 4.69) is 41.5 Å². The molecule has 19 heteroatoms. The van der Waals surface area contributed by atoms with Gasteiger partial charge in [-0.3, -0.25) is 37.3 Å². The van der Waals surface area contributed by atoms with Crippen molar-refractivity contribution in [3.8, 4) is 0 Å². The summed E-state index contributed by atoms with van der Waals surface area (Å²) in [4.78, 5) is 72.9. The van der Waals surface area contributed by atoms with Gasteiger partial charge in [0.1, 0.15) is 19.3 Å². The Bertz CT molecular complexity index is 1890. The van der Waals surface area contributed by atoms with E-state index in [0.717, 1.165) is 102 Å². The number of carbonyl (C=O) groups excluding carboxylic acids is 4. The fourth-order valence-corrected chi connectivity index (χ4v) is 13.8. The Morgan fingerprint density at radius 2 is 0.469 bits per heavy atom. The van der Waals surface area contributed by atoms with Gasteiger partial charge in [0.2, 0.25) is 0 Å². The van der Waals surface area contributed by atoms with E-state index in [1.54, 1.807) is 0 Å². The minimum absolute atomic E-state index is 0.107. The molecule has 0 heterocycles. The zero-order chi connectivity index (χ0) is 72.1. The zero-order valence-corrected chi connectivity index (χ0v) is 65.9. The van der Waals surface area contributed by atoms with Crippen LogP contribution in [0.3, 0.4) is 0 Å². The number of unbranched alkanes of at least 4 members (excludes halogenated alkanes) is 48. The fraction of sp³-hybridized carbons (Fsp3) is 0.949. The molecule has 98 heavy (non-hydrogen) atoms. The van der Waals surface area contributed by atoms with Crippen molar-refractivity contribution in [3.05, 3.63) is 0 Å². The lowest BCUT2D eigenvalue weighted by molar-refractivity contribution is -0.161.